The maximum atomic E-state index is 13.4. The van der Waals surface area contributed by atoms with Crippen molar-refractivity contribution in [2.75, 3.05) is 11.5 Å². The molecule has 1 aliphatic heterocycles. The first-order valence-corrected chi connectivity index (χ1v) is 9.72. The van der Waals surface area contributed by atoms with Gasteiger partial charge in [0.1, 0.15) is 11.6 Å². The molecule has 5 nitrogen and oxygen atoms in total. The van der Waals surface area contributed by atoms with Crippen LogP contribution in [0.1, 0.15) is 17.7 Å². The van der Waals surface area contributed by atoms with Crippen molar-refractivity contribution in [2.45, 2.75) is 19.0 Å². The first-order chi connectivity index (χ1) is 11.9. The number of furan rings is 1. The molecule has 1 aromatic heterocycles. The van der Waals surface area contributed by atoms with E-state index in [1.165, 1.54) is 35.4 Å². The van der Waals surface area contributed by atoms with Crippen LogP contribution in [-0.4, -0.2) is 36.8 Å². The van der Waals surface area contributed by atoms with Crippen LogP contribution in [0.2, 0.25) is 0 Å². The zero-order valence-electron chi connectivity index (χ0n) is 13.5. The lowest BCUT2D eigenvalue weighted by Crippen LogP contribution is -2.39. The first-order valence-electron chi connectivity index (χ1n) is 7.90. The number of sulfone groups is 1. The number of rotatable bonds is 5. The summed E-state index contributed by atoms with van der Waals surface area (Å²) in [4.78, 5) is 14.1. The molecule has 2 aromatic rings. The van der Waals surface area contributed by atoms with Gasteiger partial charge in [-0.1, -0.05) is 12.1 Å². The van der Waals surface area contributed by atoms with Gasteiger partial charge in [-0.05, 0) is 42.3 Å². The Bertz CT molecular complexity index is 874. The van der Waals surface area contributed by atoms with Gasteiger partial charge < -0.3 is 9.32 Å². The van der Waals surface area contributed by atoms with Gasteiger partial charge in [0.25, 0.3) is 0 Å². The van der Waals surface area contributed by atoms with Gasteiger partial charge in [0.15, 0.2) is 9.84 Å². The van der Waals surface area contributed by atoms with Crippen LogP contribution in [0.4, 0.5) is 4.39 Å². The summed E-state index contributed by atoms with van der Waals surface area (Å²) < 4.78 is 42.2. The average molecular weight is 363 g/mol. The second-order valence-electron chi connectivity index (χ2n) is 6.00. The van der Waals surface area contributed by atoms with Crippen LogP contribution in [-0.2, 0) is 21.2 Å². The van der Waals surface area contributed by atoms with Crippen LogP contribution in [0.3, 0.4) is 0 Å². The van der Waals surface area contributed by atoms with E-state index in [4.69, 9.17) is 4.42 Å². The van der Waals surface area contributed by atoms with E-state index in [1.54, 1.807) is 24.3 Å². The van der Waals surface area contributed by atoms with Gasteiger partial charge in [-0.25, -0.2) is 12.8 Å². The topological polar surface area (TPSA) is 67.6 Å². The fraction of sp³-hybridized carbons (Fsp3) is 0.278. The van der Waals surface area contributed by atoms with E-state index >= 15 is 0 Å². The van der Waals surface area contributed by atoms with E-state index in [0.29, 0.717) is 17.7 Å². The van der Waals surface area contributed by atoms with Gasteiger partial charge >= 0.3 is 0 Å². The second-order valence-corrected chi connectivity index (χ2v) is 8.23. The Labute approximate surface area is 145 Å². The van der Waals surface area contributed by atoms with E-state index in [0.717, 1.165) is 0 Å². The van der Waals surface area contributed by atoms with Gasteiger partial charge in [0, 0.05) is 18.7 Å². The number of nitrogens with zero attached hydrogens (tertiary/aromatic N) is 1. The smallest absolute Gasteiger partial charge is 0.247 e. The molecule has 0 saturated carbocycles. The quantitative estimate of drug-likeness (QED) is 0.766. The number of benzene rings is 1. The minimum atomic E-state index is -3.14. The fourth-order valence-corrected chi connectivity index (χ4v) is 4.61. The highest BCUT2D eigenvalue weighted by Crippen LogP contribution is 2.21. The van der Waals surface area contributed by atoms with Crippen molar-refractivity contribution in [3.63, 3.8) is 0 Å². The van der Waals surface area contributed by atoms with Crippen LogP contribution < -0.4 is 0 Å². The SMILES string of the molecule is O=C(/C=C/c1ccco1)N(Cc1cccc(F)c1)C1CCS(=O)(=O)C1. The van der Waals surface area contributed by atoms with E-state index < -0.39 is 21.7 Å². The molecule has 132 valence electrons. The van der Waals surface area contributed by atoms with Crippen LogP contribution in [0, 0.1) is 5.82 Å². The second kappa shape index (κ2) is 7.23. The first kappa shape index (κ1) is 17.4. The maximum Gasteiger partial charge on any atom is 0.247 e. The third kappa shape index (κ3) is 4.57. The molecule has 2 heterocycles. The molecule has 1 saturated heterocycles. The molecule has 1 aromatic carbocycles. The van der Waals surface area contributed by atoms with Gasteiger partial charge in [-0.15, -0.1) is 0 Å². The third-order valence-electron chi connectivity index (χ3n) is 4.11. The molecule has 0 N–H and O–H groups in total. The highest BCUT2D eigenvalue weighted by Gasteiger charge is 2.34. The molecule has 0 spiro atoms. The number of hydrogen-bond donors (Lipinski definition) is 0. The Balaban J connectivity index is 1.82. The molecule has 1 fully saturated rings. The van der Waals surface area contributed by atoms with Crippen LogP contribution in [0.25, 0.3) is 6.08 Å². The Morgan fingerprint density at radius 2 is 2.16 bits per heavy atom. The van der Waals surface area contributed by atoms with Crippen molar-refractivity contribution in [2.24, 2.45) is 0 Å². The number of halogens is 1. The summed E-state index contributed by atoms with van der Waals surface area (Å²) in [6, 6.07) is 8.95. The predicted octanol–water partition coefficient (Wildman–Crippen LogP) is 2.65. The van der Waals surface area contributed by atoms with E-state index in [2.05, 4.69) is 0 Å². The number of hydrogen-bond acceptors (Lipinski definition) is 4. The molecule has 25 heavy (non-hydrogen) atoms. The molecule has 3 rings (SSSR count). The molecular weight excluding hydrogens is 345 g/mol. The van der Waals surface area contributed by atoms with Crippen molar-refractivity contribution >= 4 is 21.8 Å². The summed E-state index contributed by atoms with van der Waals surface area (Å²) in [5.74, 6) is -0.203. The lowest BCUT2D eigenvalue weighted by atomic mass is 10.1. The number of carbonyl (C=O) groups is 1. The van der Waals surface area contributed by atoms with Gasteiger partial charge in [0.05, 0.1) is 17.8 Å². The molecule has 7 heteroatoms. The normalized spacial score (nSPS) is 19.3. The van der Waals surface area contributed by atoms with Gasteiger partial charge in [0.2, 0.25) is 5.91 Å². The van der Waals surface area contributed by atoms with E-state index in [1.807, 2.05) is 0 Å². The predicted molar refractivity (Wildman–Crippen MR) is 91.8 cm³/mol. The highest BCUT2D eigenvalue weighted by atomic mass is 32.2. The minimum Gasteiger partial charge on any atom is -0.465 e. The molecule has 1 atom stereocenters. The minimum absolute atomic E-state index is 0.0620. The number of carbonyl (C=O) groups excluding carboxylic acids is 1. The molecular formula is C18H18FNO4S. The van der Waals surface area contributed by atoms with Gasteiger partial charge in [-0.2, -0.15) is 0 Å². The maximum absolute atomic E-state index is 13.4. The molecule has 0 aliphatic carbocycles. The van der Waals surface area contributed by atoms with E-state index in [-0.39, 0.29) is 24.0 Å². The fourth-order valence-electron chi connectivity index (χ4n) is 2.88. The Morgan fingerprint density at radius 1 is 1.32 bits per heavy atom. The van der Waals surface area contributed by atoms with E-state index in [9.17, 15) is 17.6 Å². The summed E-state index contributed by atoms with van der Waals surface area (Å²) >= 11 is 0. The molecule has 1 amide bonds. The highest BCUT2D eigenvalue weighted by molar-refractivity contribution is 7.91. The van der Waals surface area contributed by atoms with Crippen LogP contribution in [0.15, 0.2) is 53.2 Å². The summed E-state index contributed by atoms with van der Waals surface area (Å²) in [5, 5.41) is 0. The third-order valence-corrected chi connectivity index (χ3v) is 5.86. The Kier molecular flexibility index (Phi) is 5.03. The standard InChI is InChI=1S/C18H18FNO4S/c19-15-4-1-3-14(11-15)12-20(16-8-10-25(22,23)13-16)18(21)7-6-17-5-2-9-24-17/h1-7,9,11,16H,8,10,12-13H2/b7-6+. The lowest BCUT2D eigenvalue weighted by Gasteiger charge is -2.27. The summed E-state index contributed by atoms with van der Waals surface area (Å²) in [6.07, 6.45) is 4.77. The summed E-state index contributed by atoms with van der Waals surface area (Å²) in [5.41, 5.74) is 0.615. The Morgan fingerprint density at radius 3 is 2.80 bits per heavy atom. The van der Waals surface area contributed by atoms with Crippen molar-refractivity contribution in [3.05, 3.63) is 65.9 Å². The average Bonchev–Trinajstić information content (AvgIpc) is 3.19. The zero-order valence-corrected chi connectivity index (χ0v) is 14.3. The molecule has 1 aliphatic rings. The van der Waals surface area contributed by atoms with Gasteiger partial charge in [-0.3, -0.25) is 4.79 Å². The largest absolute Gasteiger partial charge is 0.465 e. The van der Waals surface area contributed by atoms with Crippen LogP contribution >= 0.6 is 0 Å². The van der Waals surface area contributed by atoms with Crippen molar-refractivity contribution in [3.8, 4) is 0 Å². The molecule has 1 unspecified atom stereocenters. The lowest BCUT2D eigenvalue weighted by molar-refractivity contribution is -0.128. The molecule has 0 radical (unpaired) electrons. The van der Waals surface area contributed by atoms with Crippen molar-refractivity contribution in [1.29, 1.82) is 0 Å². The molecule has 0 bridgehead atoms. The Hall–Kier alpha value is -2.41. The zero-order chi connectivity index (χ0) is 17.9. The van der Waals surface area contributed by atoms with Crippen LogP contribution in [0.5, 0.6) is 0 Å². The van der Waals surface area contributed by atoms with Crippen molar-refractivity contribution in [1.82, 2.24) is 4.90 Å². The monoisotopic (exact) mass is 363 g/mol. The number of amides is 1. The summed E-state index contributed by atoms with van der Waals surface area (Å²) in [6.45, 7) is 0.152. The summed E-state index contributed by atoms with van der Waals surface area (Å²) in [7, 11) is -3.14. The van der Waals surface area contributed by atoms with Crippen molar-refractivity contribution < 1.29 is 22.0 Å².